The molecule has 0 spiro atoms. The van der Waals surface area contributed by atoms with Gasteiger partial charge in [-0.1, -0.05) is 53.7 Å². The van der Waals surface area contributed by atoms with Gasteiger partial charge < -0.3 is 5.32 Å². The van der Waals surface area contributed by atoms with E-state index < -0.39 is 0 Å². The molecule has 1 atom stereocenters. The van der Waals surface area contributed by atoms with Gasteiger partial charge in [0.05, 0.1) is 0 Å². The van der Waals surface area contributed by atoms with Crippen molar-refractivity contribution in [2.45, 2.75) is 51.5 Å². The van der Waals surface area contributed by atoms with Gasteiger partial charge in [-0.3, -0.25) is 0 Å². The van der Waals surface area contributed by atoms with Crippen molar-refractivity contribution in [2.75, 3.05) is 7.05 Å². The molecule has 1 aliphatic carbocycles. The first-order valence-electron chi connectivity index (χ1n) is 7.14. The third-order valence-electron chi connectivity index (χ3n) is 4.22. The first-order chi connectivity index (χ1) is 8.70. The SMILES string of the molecule is CNC(CCC1CCCC1)c1ccc(C)cc1Br. The first kappa shape index (κ1) is 14.1. The highest BCUT2D eigenvalue weighted by Gasteiger charge is 2.18. The molecule has 100 valence electrons. The van der Waals surface area contributed by atoms with Crippen molar-refractivity contribution in [3.63, 3.8) is 0 Å². The van der Waals surface area contributed by atoms with E-state index in [1.54, 1.807) is 0 Å². The van der Waals surface area contributed by atoms with Crippen LogP contribution in [0, 0.1) is 12.8 Å². The van der Waals surface area contributed by atoms with Crippen LogP contribution < -0.4 is 5.32 Å². The Labute approximate surface area is 119 Å². The molecule has 1 unspecified atom stereocenters. The van der Waals surface area contributed by atoms with Gasteiger partial charge in [-0.15, -0.1) is 0 Å². The van der Waals surface area contributed by atoms with Gasteiger partial charge in [0.25, 0.3) is 0 Å². The Morgan fingerprint density at radius 2 is 2.06 bits per heavy atom. The zero-order chi connectivity index (χ0) is 13.0. The van der Waals surface area contributed by atoms with Crippen molar-refractivity contribution in [1.29, 1.82) is 0 Å². The standard InChI is InChI=1S/C16H24BrN/c1-12-7-9-14(15(17)11-12)16(18-2)10-8-13-5-3-4-6-13/h7,9,11,13,16,18H,3-6,8,10H2,1-2H3. The Hall–Kier alpha value is -0.340. The predicted molar refractivity (Wildman–Crippen MR) is 81.9 cm³/mol. The Kier molecular flexibility index (Phi) is 5.25. The topological polar surface area (TPSA) is 12.0 Å². The van der Waals surface area contributed by atoms with Crippen LogP contribution in [0.15, 0.2) is 22.7 Å². The van der Waals surface area contributed by atoms with Gasteiger partial charge in [0, 0.05) is 10.5 Å². The Balaban J connectivity index is 1.98. The van der Waals surface area contributed by atoms with E-state index in [9.17, 15) is 0 Å². The molecule has 1 aromatic carbocycles. The Morgan fingerprint density at radius 1 is 1.33 bits per heavy atom. The minimum atomic E-state index is 0.487. The fourth-order valence-corrected chi connectivity index (χ4v) is 3.84. The molecule has 1 saturated carbocycles. The number of hydrogen-bond donors (Lipinski definition) is 1. The second-order valence-electron chi connectivity index (χ2n) is 5.59. The van der Waals surface area contributed by atoms with Crippen molar-refractivity contribution < 1.29 is 0 Å². The van der Waals surface area contributed by atoms with E-state index in [2.05, 4.69) is 53.4 Å². The molecule has 1 N–H and O–H groups in total. The highest BCUT2D eigenvalue weighted by atomic mass is 79.9. The number of halogens is 1. The highest BCUT2D eigenvalue weighted by molar-refractivity contribution is 9.10. The molecule has 1 aromatic rings. The molecule has 0 saturated heterocycles. The van der Waals surface area contributed by atoms with Crippen LogP contribution in [-0.4, -0.2) is 7.05 Å². The maximum absolute atomic E-state index is 3.70. The zero-order valence-corrected chi connectivity index (χ0v) is 13.1. The third kappa shape index (κ3) is 3.58. The van der Waals surface area contributed by atoms with E-state index in [1.807, 2.05) is 0 Å². The van der Waals surface area contributed by atoms with E-state index in [4.69, 9.17) is 0 Å². The largest absolute Gasteiger partial charge is 0.313 e. The van der Waals surface area contributed by atoms with Crippen LogP contribution in [0.2, 0.25) is 0 Å². The van der Waals surface area contributed by atoms with E-state index >= 15 is 0 Å². The molecule has 0 aliphatic heterocycles. The number of nitrogens with one attached hydrogen (secondary N) is 1. The number of hydrogen-bond acceptors (Lipinski definition) is 1. The molecule has 1 nitrogen and oxygen atoms in total. The van der Waals surface area contributed by atoms with Crippen LogP contribution in [-0.2, 0) is 0 Å². The number of aryl methyl sites for hydroxylation is 1. The van der Waals surface area contributed by atoms with Crippen LogP contribution in [0.4, 0.5) is 0 Å². The monoisotopic (exact) mass is 309 g/mol. The molecule has 1 fully saturated rings. The maximum Gasteiger partial charge on any atom is 0.0328 e. The molecule has 0 aromatic heterocycles. The average molecular weight is 310 g/mol. The smallest absolute Gasteiger partial charge is 0.0328 e. The fourth-order valence-electron chi connectivity index (χ4n) is 3.07. The zero-order valence-electron chi connectivity index (χ0n) is 11.5. The summed E-state index contributed by atoms with van der Waals surface area (Å²) in [6.07, 6.45) is 8.41. The van der Waals surface area contributed by atoms with Gasteiger partial charge in [0.2, 0.25) is 0 Å². The van der Waals surface area contributed by atoms with Gasteiger partial charge in [-0.25, -0.2) is 0 Å². The van der Waals surface area contributed by atoms with Crippen LogP contribution in [0.5, 0.6) is 0 Å². The average Bonchev–Trinajstić information content (AvgIpc) is 2.85. The van der Waals surface area contributed by atoms with E-state index in [1.165, 1.54) is 54.1 Å². The van der Waals surface area contributed by atoms with Gasteiger partial charge in [0.15, 0.2) is 0 Å². The molecular formula is C16H24BrN. The summed E-state index contributed by atoms with van der Waals surface area (Å²) in [6, 6.07) is 7.17. The Bertz CT molecular complexity index is 383. The van der Waals surface area contributed by atoms with Crippen molar-refractivity contribution in [3.8, 4) is 0 Å². The molecule has 0 heterocycles. The number of benzene rings is 1. The summed E-state index contributed by atoms with van der Waals surface area (Å²) in [5.74, 6) is 0.977. The third-order valence-corrected chi connectivity index (χ3v) is 4.90. The van der Waals surface area contributed by atoms with Gasteiger partial charge in [-0.2, -0.15) is 0 Å². The van der Waals surface area contributed by atoms with Gasteiger partial charge in [0.1, 0.15) is 0 Å². The van der Waals surface area contributed by atoms with E-state index in [-0.39, 0.29) is 0 Å². The van der Waals surface area contributed by atoms with E-state index in [0.29, 0.717) is 6.04 Å². The second-order valence-corrected chi connectivity index (χ2v) is 6.45. The van der Waals surface area contributed by atoms with Crippen molar-refractivity contribution in [3.05, 3.63) is 33.8 Å². The molecule has 2 rings (SSSR count). The second kappa shape index (κ2) is 6.72. The predicted octanol–water partition coefficient (Wildman–Crippen LogP) is 4.99. The summed E-state index contributed by atoms with van der Waals surface area (Å²) < 4.78 is 1.24. The lowest BCUT2D eigenvalue weighted by atomic mass is 9.94. The summed E-state index contributed by atoms with van der Waals surface area (Å²) >= 11 is 3.70. The maximum atomic E-state index is 3.70. The summed E-state index contributed by atoms with van der Waals surface area (Å²) in [7, 11) is 2.08. The summed E-state index contributed by atoms with van der Waals surface area (Å²) in [5, 5.41) is 3.47. The van der Waals surface area contributed by atoms with Crippen molar-refractivity contribution in [2.24, 2.45) is 5.92 Å². The minimum Gasteiger partial charge on any atom is -0.313 e. The fraction of sp³-hybridized carbons (Fsp3) is 0.625. The molecule has 18 heavy (non-hydrogen) atoms. The summed E-state index contributed by atoms with van der Waals surface area (Å²) in [4.78, 5) is 0. The molecule has 0 amide bonds. The number of rotatable bonds is 5. The lowest BCUT2D eigenvalue weighted by Crippen LogP contribution is -2.17. The molecule has 2 heteroatoms. The van der Waals surface area contributed by atoms with Crippen molar-refractivity contribution in [1.82, 2.24) is 5.32 Å². The lowest BCUT2D eigenvalue weighted by Gasteiger charge is -2.20. The van der Waals surface area contributed by atoms with Crippen LogP contribution in [0.3, 0.4) is 0 Å². The van der Waals surface area contributed by atoms with E-state index in [0.717, 1.165) is 5.92 Å². The normalized spacial score (nSPS) is 18.2. The first-order valence-corrected chi connectivity index (χ1v) is 7.93. The molecule has 1 aliphatic rings. The van der Waals surface area contributed by atoms with Gasteiger partial charge >= 0.3 is 0 Å². The van der Waals surface area contributed by atoms with Crippen LogP contribution >= 0.6 is 15.9 Å². The molecule has 0 bridgehead atoms. The lowest BCUT2D eigenvalue weighted by molar-refractivity contribution is 0.427. The molecule has 0 radical (unpaired) electrons. The van der Waals surface area contributed by atoms with Crippen LogP contribution in [0.1, 0.15) is 55.7 Å². The summed E-state index contributed by atoms with van der Waals surface area (Å²) in [5.41, 5.74) is 2.72. The van der Waals surface area contributed by atoms with Crippen LogP contribution in [0.25, 0.3) is 0 Å². The van der Waals surface area contributed by atoms with Gasteiger partial charge in [-0.05, 0) is 49.9 Å². The summed E-state index contributed by atoms with van der Waals surface area (Å²) in [6.45, 7) is 2.14. The minimum absolute atomic E-state index is 0.487. The quantitative estimate of drug-likeness (QED) is 0.808. The van der Waals surface area contributed by atoms with Crippen molar-refractivity contribution >= 4 is 15.9 Å². The Morgan fingerprint density at radius 3 is 2.67 bits per heavy atom. The highest BCUT2D eigenvalue weighted by Crippen LogP contribution is 2.33. The molecular weight excluding hydrogens is 286 g/mol.